The van der Waals surface area contributed by atoms with Crippen LogP contribution in [0.3, 0.4) is 0 Å². The molecule has 43 heteroatoms. The number of hydrogen-bond acceptors (Lipinski definition) is 43. The molecule has 43 nitrogen and oxygen atoms in total. The Kier molecular flexibility index (Phi) is 34.8. The predicted molar refractivity (Wildman–Crippen MR) is 465 cm³/mol. The van der Waals surface area contributed by atoms with Crippen molar-refractivity contribution in [3.63, 3.8) is 0 Å². The molecule has 137 heavy (non-hydrogen) atoms. The van der Waals surface area contributed by atoms with Gasteiger partial charge in [0.2, 0.25) is 6.29 Å². The van der Waals surface area contributed by atoms with Gasteiger partial charge in [-0.1, -0.05) is 84.4 Å². The number of aliphatic hydroxyl groups excluding tert-OH is 20. The molecular formula is C94H148O43. The summed E-state index contributed by atoms with van der Waals surface area (Å²) in [5, 5.41) is 248. The standard InChI is InChI=1S/C94H148O43/c1-15-89(10,118)25-17-19-40(3)76(115)131-72-56(101)41(4)126-84(75(72)132-77(116)43(33-95)20-18-26-90(11,119)16-2)125-39-51-61(106)63(108)74(136-81-68(113)64(109)70(42(5)127-81)133-80-69(114)71(49(99)37-122-80)134-78-65(110)57(102)46(96)34-120-78)85(129-51)137-86(117)94-30-29-87(6,7)31-45(94)44-21-22-53-91(12)27-24-55(88(8,9)52(91)23-28-92(53,13)93(44,14)32-54(94)100)130-82-67(112)62(107)60(105)50(128-82)38-124-83-73(59(104)48(98)36-123-83)135-79-66(111)58(103)47(97)35-121-79/h15-16,19-21,41-42,45-75,78-85,95-114,118-119H,1-2,17-18,22-39H2,3-14H3/b40-19+,43-20?/t41-,42-,45-,46+,47+,48-,49+,50+,51+,52-,53+,54+,55-,56-,57-,58-,59-,60+,61+,62-,63-,64-,65+,66+,67+,68+,69+,70-,71-,72+,73+,74+,75+,78-,79-,80-,81-,82-,83-,84+,85-,89-,90?,91-,92+,93+,94+/m0/s1. The molecule has 0 amide bonds. The largest absolute Gasteiger partial charge is 0.452 e. The molecule has 22 N–H and O–H groups in total. The first-order valence-corrected chi connectivity index (χ1v) is 47.7. The Morgan fingerprint density at radius 2 is 0.949 bits per heavy atom. The van der Waals surface area contributed by atoms with Gasteiger partial charge in [0.25, 0.3) is 0 Å². The molecule has 782 valence electrons. The monoisotopic (exact) mass is 1960 g/mol. The number of esters is 3. The van der Waals surface area contributed by atoms with E-state index in [-0.39, 0.29) is 61.5 Å². The summed E-state index contributed by atoms with van der Waals surface area (Å²) in [7, 11) is 0. The molecular weight excluding hydrogens is 1820 g/mol. The van der Waals surface area contributed by atoms with Crippen LogP contribution in [0.25, 0.3) is 0 Å². The Labute approximate surface area is 794 Å². The summed E-state index contributed by atoms with van der Waals surface area (Å²) < 4.78 is 109. The number of allylic oxidation sites excluding steroid dienone is 4. The predicted octanol–water partition coefficient (Wildman–Crippen LogP) is -3.75. The number of aliphatic hydroxyl groups is 22. The molecule has 8 saturated heterocycles. The minimum absolute atomic E-state index is 0.00705. The van der Waals surface area contributed by atoms with E-state index in [1.165, 1.54) is 58.9 Å². The van der Waals surface area contributed by atoms with E-state index in [1.54, 1.807) is 0 Å². The van der Waals surface area contributed by atoms with Crippen molar-refractivity contribution in [3.8, 4) is 0 Å². The Morgan fingerprint density at radius 1 is 0.460 bits per heavy atom. The molecule has 47 atom stereocenters. The van der Waals surface area contributed by atoms with Gasteiger partial charge in [0.1, 0.15) is 146 Å². The zero-order chi connectivity index (χ0) is 101. The summed E-state index contributed by atoms with van der Waals surface area (Å²) in [5.41, 5.74) is -7.15. The van der Waals surface area contributed by atoms with Crippen LogP contribution in [-0.2, 0) is 99.6 Å². The van der Waals surface area contributed by atoms with Crippen LogP contribution in [0.15, 0.2) is 60.3 Å². The van der Waals surface area contributed by atoms with Gasteiger partial charge in [0.05, 0.1) is 87.4 Å². The number of hydrogen-bond donors (Lipinski definition) is 22. The molecule has 8 heterocycles. The van der Waals surface area contributed by atoms with Crippen molar-refractivity contribution in [3.05, 3.63) is 60.3 Å². The Morgan fingerprint density at radius 3 is 1.55 bits per heavy atom. The van der Waals surface area contributed by atoms with E-state index in [0.717, 1.165) is 5.57 Å². The highest BCUT2D eigenvalue weighted by atomic mass is 16.8. The number of carbonyl (C=O) groups is 3. The average Bonchev–Trinajstić information content (AvgIpc) is 0.668. The lowest BCUT2D eigenvalue weighted by Gasteiger charge is -2.71. The highest BCUT2D eigenvalue weighted by molar-refractivity contribution is 5.89. The van der Waals surface area contributed by atoms with Gasteiger partial charge in [0, 0.05) is 5.57 Å². The van der Waals surface area contributed by atoms with Gasteiger partial charge in [-0.25, -0.2) is 9.59 Å². The highest BCUT2D eigenvalue weighted by Crippen LogP contribution is 2.76. The Bertz CT molecular complexity index is 4190. The van der Waals surface area contributed by atoms with E-state index in [2.05, 4.69) is 67.7 Å². The molecule has 0 bridgehead atoms. The molecule has 0 aromatic carbocycles. The van der Waals surface area contributed by atoms with Crippen LogP contribution in [0, 0.1) is 50.2 Å². The van der Waals surface area contributed by atoms with Crippen molar-refractivity contribution >= 4 is 17.9 Å². The first-order valence-electron chi connectivity index (χ1n) is 47.7. The quantitative estimate of drug-likeness (QED) is 0.0104. The fraction of sp³-hybridized carbons (Fsp3) is 0.862. The molecule has 0 aromatic rings. The topological polar surface area (TPSA) is 662 Å². The van der Waals surface area contributed by atoms with Crippen molar-refractivity contribution in [1.82, 2.24) is 0 Å². The van der Waals surface area contributed by atoms with Crippen LogP contribution in [0.1, 0.15) is 167 Å². The maximum atomic E-state index is 16.6. The molecule has 13 aliphatic rings. The molecule has 12 fully saturated rings. The Balaban J connectivity index is 0.767. The molecule has 13 rings (SSSR count). The summed E-state index contributed by atoms with van der Waals surface area (Å²) in [4.78, 5) is 45.0. The Hall–Kier alpha value is -4.37. The maximum absolute atomic E-state index is 16.6. The number of carbonyl (C=O) groups excluding carboxylic acids is 3. The van der Waals surface area contributed by atoms with E-state index in [0.29, 0.717) is 44.9 Å². The van der Waals surface area contributed by atoms with E-state index in [9.17, 15) is 122 Å². The lowest BCUT2D eigenvalue weighted by molar-refractivity contribution is -0.381. The van der Waals surface area contributed by atoms with Gasteiger partial charge in [-0.15, -0.1) is 13.2 Å². The van der Waals surface area contributed by atoms with E-state index >= 15 is 4.79 Å². The van der Waals surface area contributed by atoms with Gasteiger partial charge < -0.3 is 198 Å². The fourth-order valence-electron chi connectivity index (χ4n) is 23.4. The minimum Gasteiger partial charge on any atom is -0.452 e. The first kappa shape index (κ1) is 110. The zero-order valence-corrected chi connectivity index (χ0v) is 79.5. The van der Waals surface area contributed by atoms with Crippen LogP contribution in [-0.4, -0.2) is 421 Å². The molecule has 4 saturated carbocycles. The van der Waals surface area contributed by atoms with Crippen LogP contribution in [0.4, 0.5) is 0 Å². The van der Waals surface area contributed by atoms with Gasteiger partial charge >= 0.3 is 17.9 Å². The maximum Gasteiger partial charge on any atom is 0.336 e. The van der Waals surface area contributed by atoms with Crippen LogP contribution in [0.2, 0.25) is 0 Å². The summed E-state index contributed by atoms with van der Waals surface area (Å²) in [5.74, 6) is -4.27. The molecule has 5 aliphatic carbocycles. The molecule has 8 aliphatic heterocycles. The van der Waals surface area contributed by atoms with Gasteiger partial charge in [0.15, 0.2) is 62.3 Å². The fourth-order valence-corrected chi connectivity index (χ4v) is 23.4. The summed E-state index contributed by atoms with van der Waals surface area (Å²) >= 11 is 0. The molecule has 0 radical (unpaired) electrons. The van der Waals surface area contributed by atoms with Crippen molar-refractivity contribution in [1.29, 1.82) is 0 Å². The van der Waals surface area contributed by atoms with Crippen LogP contribution in [0.5, 0.6) is 0 Å². The number of ether oxygens (including phenoxy) is 18. The third kappa shape index (κ3) is 22.1. The number of fused-ring (bicyclic) bond motifs is 7. The lowest BCUT2D eigenvalue weighted by Crippen LogP contribution is -2.69. The van der Waals surface area contributed by atoms with Gasteiger partial charge in [-0.05, 0) is 163 Å². The summed E-state index contributed by atoms with van der Waals surface area (Å²) in [6.07, 6.45) is -54.9. The first-order chi connectivity index (χ1) is 64.1. The average molecular weight is 1970 g/mol. The second kappa shape index (κ2) is 43.3. The molecule has 0 spiro atoms. The lowest BCUT2D eigenvalue weighted by atomic mass is 9.33. The van der Waals surface area contributed by atoms with Crippen molar-refractivity contribution in [2.24, 2.45) is 50.2 Å². The third-order valence-electron chi connectivity index (χ3n) is 32.4. The zero-order valence-electron chi connectivity index (χ0n) is 79.5. The summed E-state index contributed by atoms with van der Waals surface area (Å²) in [6.45, 7) is 24.8. The molecule has 1 unspecified atom stereocenters. The number of rotatable bonds is 31. The van der Waals surface area contributed by atoms with Crippen LogP contribution < -0.4 is 0 Å². The van der Waals surface area contributed by atoms with Crippen molar-refractivity contribution in [2.45, 2.75) is 411 Å². The second-order valence-corrected chi connectivity index (χ2v) is 42.6. The van der Waals surface area contributed by atoms with E-state index < -0.39 is 347 Å². The van der Waals surface area contributed by atoms with E-state index in [1.807, 2.05) is 0 Å². The van der Waals surface area contributed by atoms with Crippen molar-refractivity contribution in [2.75, 3.05) is 46.2 Å². The SMILES string of the molecule is C=CC(C)(O)CCC=C(CO)C(=O)O[C@H]1[C@H](OC[C@H]2O[C@@H](OC(=O)[C@]34CCC(C)(C)C[C@H]3C3=CC[C@@H]5[C@@]6(C)CC[C@H](O[C@@H]7O[C@H](CO[C@@H]8OC[C@H](O)[C@H](O)[C@H]8O[C@@H]8OC[C@@H](O)[C@H](O)[C@H]8O)[C@@H](O)[C@H](O)[C@H]7O)C(C)(C)[C@@H]6CC[C@@]5(C)[C@]3(C)C[C@H]4O)[C@H](O[C@@H]3O[C@@H](C)[C@H](O[C@@H]4OC[C@@H](O)[C@H](O[C@@H]5OC[C@@H](O)[C@H](O)[C@H]5O)[C@H]4O)[C@@H](O)[C@H]3O)[C@@H](O)[C@@H]2O)O[C@@H](C)[C@H](O)[C@H]1OC(=O)/C(C)=C/CC[C@@](C)(O)C=C. The van der Waals surface area contributed by atoms with Crippen molar-refractivity contribution < 1.29 is 212 Å². The molecule has 0 aromatic heterocycles. The summed E-state index contributed by atoms with van der Waals surface area (Å²) in [6, 6.07) is 0. The van der Waals surface area contributed by atoms with Gasteiger partial charge in [-0.2, -0.15) is 0 Å². The van der Waals surface area contributed by atoms with Crippen LogP contribution >= 0.6 is 0 Å². The smallest absolute Gasteiger partial charge is 0.336 e. The second-order valence-electron chi connectivity index (χ2n) is 42.6. The van der Waals surface area contributed by atoms with Gasteiger partial charge in [-0.3, -0.25) is 4.79 Å². The minimum atomic E-state index is -2.28. The normalized spacial score (nSPS) is 48.3. The van der Waals surface area contributed by atoms with E-state index in [4.69, 9.17) is 85.3 Å². The highest BCUT2D eigenvalue weighted by Gasteiger charge is 2.73. The third-order valence-corrected chi connectivity index (χ3v) is 32.4.